The van der Waals surface area contributed by atoms with E-state index in [9.17, 15) is 5.11 Å². The second kappa shape index (κ2) is 3.83. The van der Waals surface area contributed by atoms with Gasteiger partial charge < -0.3 is 5.11 Å². The third kappa shape index (κ3) is 1.80. The maximum absolute atomic E-state index is 9.24. The van der Waals surface area contributed by atoms with Crippen molar-refractivity contribution in [3.05, 3.63) is 48.9 Å². The Morgan fingerprint density at radius 2 is 1.59 bits per heavy atom. The quantitative estimate of drug-likeness (QED) is 0.688. The van der Waals surface area contributed by atoms with Gasteiger partial charge in [-0.1, -0.05) is 12.1 Å². The van der Waals surface area contributed by atoms with Gasteiger partial charge in [-0.25, -0.2) is 9.97 Å². The number of pyridine rings is 1. The largest absolute Gasteiger partial charge is 0.508 e. The van der Waals surface area contributed by atoms with Crippen molar-refractivity contribution >= 4 is 11.2 Å². The molecule has 0 aliphatic carbocycles. The summed E-state index contributed by atoms with van der Waals surface area (Å²) in [4.78, 5) is 12.6. The molecule has 0 bridgehead atoms. The van der Waals surface area contributed by atoms with E-state index in [4.69, 9.17) is 0 Å². The number of aromatic hydroxyl groups is 1. The monoisotopic (exact) mass is 223 g/mol. The minimum Gasteiger partial charge on any atom is -0.508 e. The summed E-state index contributed by atoms with van der Waals surface area (Å²) in [6, 6.07) is 8.91. The third-order valence-electron chi connectivity index (χ3n) is 2.52. The van der Waals surface area contributed by atoms with Gasteiger partial charge in [-0.3, -0.25) is 4.98 Å². The average Bonchev–Trinajstić information content (AvgIpc) is 2.39. The van der Waals surface area contributed by atoms with Gasteiger partial charge in [0.2, 0.25) is 0 Å². The summed E-state index contributed by atoms with van der Waals surface area (Å²) in [7, 11) is 0. The molecule has 0 saturated heterocycles. The van der Waals surface area contributed by atoms with Gasteiger partial charge in [-0.15, -0.1) is 0 Å². The first-order valence-corrected chi connectivity index (χ1v) is 5.19. The van der Waals surface area contributed by atoms with Gasteiger partial charge in [-0.05, 0) is 23.8 Å². The van der Waals surface area contributed by atoms with Crippen LogP contribution in [0.1, 0.15) is 0 Å². The second-order valence-corrected chi connectivity index (χ2v) is 3.67. The minimum absolute atomic E-state index is 0.252. The molecule has 1 N–H and O–H groups in total. The zero-order valence-electron chi connectivity index (χ0n) is 8.91. The van der Waals surface area contributed by atoms with Crippen molar-refractivity contribution in [1.82, 2.24) is 15.0 Å². The lowest BCUT2D eigenvalue weighted by Gasteiger charge is -2.02. The first-order valence-electron chi connectivity index (χ1n) is 5.19. The Morgan fingerprint density at radius 1 is 0.824 bits per heavy atom. The predicted octanol–water partition coefficient (Wildman–Crippen LogP) is 2.40. The Hall–Kier alpha value is -2.49. The van der Waals surface area contributed by atoms with Gasteiger partial charge in [0.05, 0.1) is 0 Å². The van der Waals surface area contributed by atoms with Crippen molar-refractivity contribution in [3.8, 4) is 16.9 Å². The number of phenolic OH excluding ortho intramolecular Hbond substituents is 1. The molecule has 1 aromatic carbocycles. The standard InChI is InChI=1S/C13H9N3O/c17-11-3-1-9(2-4-11)10-7-12-13(16-8-10)15-6-5-14-12/h1-8,17H. The van der Waals surface area contributed by atoms with Gasteiger partial charge in [0.1, 0.15) is 11.3 Å². The van der Waals surface area contributed by atoms with E-state index < -0.39 is 0 Å². The molecule has 0 radical (unpaired) electrons. The van der Waals surface area contributed by atoms with Gasteiger partial charge >= 0.3 is 0 Å². The number of nitrogens with zero attached hydrogens (tertiary/aromatic N) is 3. The molecule has 0 fully saturated rings. The molecule has 0 spiro atoms. The molecule has 17 heavy (non-hydrogen) atoms. The molecule has 2 heterocycles. The van der Waals surface area contributed by atoms with Crippen molar-refractivity contribution < 1.29 is 5.11 Å². The number of hydrogen-bond acceptors (Lipinski definition) is 4. The predicted molar refractivity (Wildman–Crippen MR) is 64.4 cm³/mol. The van der Waals surface area contributed by atoms with Crippen molar-refractivity contribution in [2.45, 2.75) is 0 Å². The number of rotatable bonds is 1. The number of hydrogen-bond donors (Lipinski definition) is 1. The molecule has 82 valence electrons. The normalized spacial score (nSPS) is 10.6. The fourth-order valence-electron chi connectivity index (χ4n) is 1.67. The molecule has 0 unspecified atom stereocenters. The maximum Gasteiger partial charge on any atom is 0.178 e. The van der Waals surface area contributed by atoms with E-state index in [1.165, 1.54) is 0 Å². The van der Waals surface area contributed by atoms with Gasteiger partial charge in [-0.2, -0.15) is 0 Å². The number of fused-ring (bicyclic) bond motifs is 1. The van der Waals surface area contributed by atoms with Crippen LogP contribution in [-0.2, 0) is 0 Å². The Bertz CT molecular complexity index is 665. The Balaban J connectivity index is 2.14. The summed E-state index contributed by atoms with van der Waals surface area (Å²) in [5, 5.41) is 9.24. The molecule has 4 heteroatoms. The number of benzene rings is 1. The molecule has 3 rings (SSSR count). The van der Waals surface area contributed by atoms with Crippen LogP contribution in [0.4, 0.5) is 0 Å². The highest BCUT2D eigenvalue weighted by Crippen LogP contribution is 2.22. The van der Waals surface area contributed by atoms with Crippen LogP contribution in [0.2, 0.25) is 0 Å². The lowest BCUT2D eigenvalue weighted by molar-refractivity contribution is 0.475. The minimum atomic E-state index is 0.252. The van der Waals surface area contributed by atoms with Crippen molar-refractivity contribution in [2.75, 3.05) is 0 Å². The van der Waals surface area contributed by atoms with E-state index in [1.807, 2.05) is 18.2 Å². The molecule has 0 saturated carbocycles. The van der Waals surface area contributed by atoms with Gasteiger partial charge in [0, 0.05) is 24.2 Å². The van der Waals surface area contributed by atoms with Gasteiger partial charge in [0.15, 0.2) is 5.65 Å². The molecule has 0 aliphatic rings. The van der Waals surface area contributed by atoms with E-state index >= 15 is 0 Å². The van der Waals surface area contributed by atoms with Crippen LogP contribution in [0.3, 0.4) is 0 Å². The van der Waals surface area contributed by atoms with E-state index in [0.29, 0.717) is 5.65 Å². The second-order valence-electron chi connectivity index (χ2n) is 3.67. The van der Waals surface area contributed by atoms with E-state index in [1.54, 1.807) is 30.7 Å². The molecule has 0 amide bonds. The highest BCUT2D eigenvalue weighted by atomic mass is 16.3. The maximum atomic E-state index is 9.24. The zero-order valence-corrected chi connectivity index (χ0v) is 8.91. The molecular weight excluding hydrogens is 214 g/mol. The summed E-state index contributed by atoms with van der Waals surface area (Å²) in [5.74, 6) is 0.252. The summed E-state index contributed by atoms with van der Waals surface area (Å²) in [5.41, 5.74) is 3.34. The lowest BCUT2D eigenvalue weighted by Crippen LogP contribution is -1.87. The Labute approximate surface area is 97.6 Å². The van der Waals surface area contributed by atoms with Crippen LogP contribution in [-0.4, -0.2) is 20.1 Å². The fourth-order valence-corrected chi connectivity index (χ4v) is 1.67. The third-order valence-corrected chi connectivity index (χ3v) is 2.52. The van der Waals surface area contributed by atoms with E-state index in [0.717, 1.165) is 16.6 Å². The Morgan fingerprint density at radius 3 is 2.41 bits per heavy atom. The van der Waals surface area contributed by atoms with Crippen molar-refractivity contribution in [2.24, 2.45) is 0 Å². The smallest absolute Gasteiger partial charge is 0.178 e. The summed E-state index contributed by atoms with van der Waals surface area (Å²) in [6.45, 7) is 0. The Kier molecular flexibility index (Phi) is 2.19. The summed E-state index contributed by atoms with van der Waals surface area (Å²) < 4.78 is 0. The van der Waals surface area contributed by atoms with E-state index in [2.05, 4.69) is 15.0 Å². The first kappa shape index (κ1) is 9.72. The first-order chi connectivity index (χ1) is 8.33. The fraction of sp³-hybridized carbons (Fsp3) is 0. The molecule has 0 atom stereocenters. The van der Waals surface area contributed by atoms with Crippen molar-refractivity contribution in [1.29, 1.82) is 0 Å². The number of phenols is 1. The molecule has 2 aromatic heterocycles. The van der Waals surface area contributed by atoms with Crippen LogP contribution in [0, 0.1) is 0 Å². The molecule has 3 aromatic rings. The van der Waals surface area contributed by atoms with Gasteiger partial charge in [0.25, 0.3) is 0 Å². The van der Waals surface area contributed by atoms with Crippen LogP contribution in [0.25, 0.3) is 22.3 Å². The topological polar surface area (TPSA) is 58.9 Å². The van der Waals surface area contributed by atoms with E-state index in [-0.39, 0.29) is 5.75 Å². The lowest BCUT2D eigenvalue weighted by atomic mass is 10.1. The zero-order chi connectivity index (χ0) is 11.7. The highest BCUT2D eigenvalue weighted by Gasteiger charge is 2.02. The molecule has 4 nitrogen and oxygen atoms in total. The highest BCUT2D eigenvalue weighted by molar-refractivity contribution is 5.77. The van der Waals surface area contributed by atoms with Crippen molar-refractivity contribution in [3.63, 3.8) is 0 Å². The molecular formula is C13H9N3O. The molecule has 0 aliphatic heterocycles. The summed E-state index contributed by atoms with van der Waals surface area (Å²) in [6.07, 6.45) is 5.02. The van der Waals surface area contributed by atoms with Crippen LogP contribution in [0.15, 0.2) is 48.9 Å². The van der Waals surface area contributed by atoms with Crippen LogP contribution >= 0.6 is 0 Å². The SMILES string of the molecule is Oc1ccc(-c2cnc3nccnc3c2)cc1. The van der Waals surface area contributed by atoms with Crippen LogP contribution < -0.4 is 0 Å². The summed E-state index contributed by atoms with van der Waals surface area (Å²) >= 11 is 0. The average molecular weight is 223 g/mol. The van der Waals surface area contributed by atoms with Crippen LogP contribution in [0.5, 0.6) is 5.75 Å². The number of aromatic nitrogens is 3.